The minimum absolute atomic E-state index is 0.644. The monoisotopic (exact) mass is 302 g/mol. The molecule has 18 heavy (non-hydrogen) atoms. The molecule has 2 aromatic carbocycles. The van der Waals surface area contributed by atoms with Crippen LogP contribution in [-0.2, 0) is 6.42 Å². The van der Waals surface area contributed by atoms with Crippen molar-refractivity contribution in [2.24, 2.45) is 5.92 Å². The highest BCUT2D eigenvalue weighted by molar-refractivity contribution is 9.09. The van der Waals surface area contributed by atoms with Crippen LogP contribution < -0.4 is 0 Å². The fraction of sp³-hybridized carbons (Fsp3) is 0.412. The first-order valence-electron chi connectivity index (χ1n) is 6.95. The van der Waals surface area contributed by atoms with Gasteiger partial charge in [-0.3, -0.25) is 0 Å². The van der Waals surface area contributed by atoms with Gasteiger partial charge in [0, 0.05) is 4.83 Å². The minimum atomic E-state index is 0.644. The Morgan fingerprint density at radius 1 is 1.00 bits per heavy atom. The van der Waals surface area contributed by atoms with Crippen LogP contribution in [0.3, 0.4) is 0 Å². The van der Waals surface area contributed by atoms with E-state index in [1.54, 1.807) is 0 Å². The Bertz CT molecular complexity index is 521. The predicted octanol–water partition coefficient (Wildman–Crippen LogP) is 5.34. The Labute approximate surface area is 118 Å². The van der Waals surface area contributed by atoms with Gasteiger partial charge in [-0.1, -0.05) is 71.2 Å². The van der Waals surface area contributed by atoms with Gasteiger partial charge in [0.05, 0.1) is 0 Å². The van der Waals surface area contributed by atoms with Crippen LogP contribution >= 0.6 is 15.9 Å². The van der Waals surface area contributed by atoms with E-state index in [1.165, 1.54) is 42.0 Å². The van der Waals surface area contributed by atoms with Crippen molar-refractivity contribution in [1.29, 1.82) is 0 Å². The lowest BCUT2D eigenvalue weighted by Gasteiger charge is -2.18. The van der Waals surface area contributed by atoms with E-state index in [1.807, 2.05) is 0 Å². The van der Waals surface area contributed by atoms with E-state index in [9.17, 15) is 0 Å². The fourth-order valence-electron chi connectivity index (χ4n) is 3.17. The third-order valence-corrected chi connectivity index (χ3v) is 5.28. The molecule has 1 saturated carbocycles. The first-order valence-corrected chi connectivity index (χ1v) is 7.87. The van der Waals surface area contributed by atoms with Gasteiger partial charge in [0.15, 0.2) is 0 Å². The molecule has 2 aromatic rings. The van der Waals surface area contributed by atoms with Crippen LogP contribution in [0.25, 0.3) is 10.8 Å². The molecule has 0 bridgehead atoms. The summed E-state index contributed by atoms with van der Waals surface area (Å²) in [6.45, 7) is 0. The molecule has 0 saturated heterocycles. The Hall–Kier alpha value is -0.820. The molecule has 1 fully saturated rings. The van der Waals surface area contributed by atoms with Gasteiger partial charge in [0.1, 0.15) is 0 Å². The lowest BCUT2D eigenvalue weighted by Crippen LogP contribution is -2.13. The van der Waals surface area contributed by atoms with E-state index in [0.29, 0.717) is 4.83 Å². The van der Waals surface area contributed by atoms with Gasteiger partial charge < -0.3 is 0 Å². The number of rotatable bonds is 3. The largest absolute Gasteiger partial charge is 0.0884 e. The smallest absolute Gasteiger partial charge is 0.0214 e. The average molecular weight is 303 g/mol. The van der Waals surface area contributed by atoms with Crippen LogP contribution in [0.1, 0.15) is 31.2 Å². The minimum Gasteiger partial charge on any atom is -0.0884 e. The molecule has 0 heterocycles. The molecule has 0 nitrogen and oxygen atoms in total. The van der Waals surface area contributed by atoms with Crippen LogP contribution in [0, 0.1) is 5.92 Å². The van der Waals surface area contributed by atoms with Crippen molar-refractivity contribution in [3.63, 3.8) is 0 Å². The molecule has 0 radical (unpaired) electrons. The van der Waals surface area contributed by atoms with Gasteiger partial charge in [-0.25, -0.2) is 0 Å². The molecule has 1 atom stereocenters. The van der Waals surface area contributed by atoms with Gasteiger partial charge in [0.25, 0.3) is 0 Å². The summed E-state index contributed by atoms with van der Waals surface area (Å²) in [7, 11) is 0. The van der Waals surface area contributed by atoms with Crippen LogP contribution in [0.4, 0.5) is 0 Å². The molecule has 94 valence electrons. The first kappa shape index (κ1) is 12.2. The van der Waals surface area contributed by atoms with Crippen molar-refractivity contribution in [3.8, 4) is 0 Å². The maximum Gasteiger partial charge on any atom is 0.0214 e. The van der Waals surface area contributed by atoms with Crippen LogP contribution in [-0.4, -0.2) is 4.83 Å². The summed E-state index contributed by atoms with van der Waals surface area (Å²) in [6.07, 6.45) is 6.80. The molecule has 0 N–H and O–H groups in total. The van der Waals surface area contributed by atoms with Crippen LogP contribution in [0.15, 0.2) is 42.5 Å². The van der Waals surface area contributed by atoms with E-state index in [4.69, 9.17) is 0 Å². The molecular formula is C17H19Br. The van der Waals surface area contributed by atoms with E-state index < -0.39 is 0 Å². The Balaban J connectivity index is 1.85. The lowest BCUT2D eigenvalue weighted by atomic mass is 9.95. The number of hydrogen-bond donors (Lipinski definition) is 0. The quantitative estimate of drug-likeness (QED) is 0.672. The van der Waals surface area contributed by atoms with Crippen molar-refractivity contribution in [3.05, 3.63) is 48.0 Å². The van der Waals surface area contributed by atoms with Crippen molar-refractivity contribution < 1.29 is 0 Å². The fourth-order valence-corrected chi connectivity index (χ4v) is 4.04. The Kier molecular flexibility index (Phi) is 3.69. The van der Waals surface area contributed by atoms with Gasteiger partial charge in [-0.2, -0.15) is 0 Å². The number of halogens is 1. The summed E-state index contributed by atoms with van der Waals surface area (Å²) in [5.74, 6) is 0.879. The second kappa shape index (κ2) is 5.44. The average Bonchev–Trinajstić information content (AvgIpc) is 2.93. The lowest BCUT2D eigenvalue weighted by molar-refractivity contribution is 0.526. The van der Waals surface area contributed by atoms with Crippen molar-refractivity contribution in [2.45, 2.75) is 36.9 Å². The second-order valence-corrected chi connectivity index (χ2v) is 6.58. The highest BCUT2D eigenvalue weighted by Gasteiger charge is 2.23. The topological polar surface area (TPSA) is 0 Å². The van der Waals surface area contributed by atoms with Crippen LogP contribution in [0.5, 0.6) is 0 Å². The van der Waals surface area contributed by atoms with Gasteiger partial charge >= 0.3 is 0 Å². The first-order chi connectivity index (χ1) is 8.84. The molecule has 1 aliphatic rings. The Morgan fingerprint density at radius 2 is 1.72 bits per heavy atom. The highest BCUT2D eigenvalue weighted by Crippen LogP contribution is 2.34. The maximum atomic E-state index is 3.93. The molecule has 1 heteroatoms. The summed E-state index contributed by atoms with van der Waals surface area (Å²) in [5, 5.41) is 2.78. The van der Waals surface area contributed by atoms with E-state index in [2.05, 4.69) is 58.4 Å². The molecule has 0 aromatic heterocycles. The Morgan fingerprint density at radius 3 is 2.56 bits per heavy atom. The number of hydrogen-bond acceptors (Lipinski definition) is 0. The summed E-state index contributed by atoms with van der Waals surface area (Å²) in [4.78, 5) is 0.644. The number of fused-ring (bicyclic) bond motifs is 1. The van der Waals surface area contributed by atoms with Crippen molar-refractivity contribution >= 4 is 26.7 Å². The van der Waals surface area contributed by atoms with Crippen molar-refractivity contribution in [2.75, 3.05) is 0 Å². The summed E-state index contributed by atoms with van der Waals surface area (Å²) in [5.41, 5.74) is 1.49. The van der Waals surface area contributed by atoms with E-state index in [-0.39, 0.29) is 0 Å². The molecular weight excluding hydrogens is 284 g/mol. The molecule has 1 unspecified atom stereocenters. The highest BCUT2D eigenvalue weighted by atomic mass is 79.9. The number of benzene rings is 2. The zero-order valence-electron chi connectivity index (χ0n) is 10.6. The van der Waals surface area contributed by atoms with Gasteiger partial charge in [0.2, 0.25) is 0 Å². The maximum absolute atomic E-state index is 3.93. The number of alkyl halides is 1. The molecule has 3 rings (SSSR count). The zero-order valence-corrected chi connectivity index (χ0v) is 12.2. The predicted molar refractivity (Wildman–Crippen MR) is 82.3 cm³/mol. The third-order valence-electron chi connectivity index (χ3n) is 4.21. The normalized spacial score (nSPS) is 18.3. The molecule has 1 aliphatic carbocycles. The second-order valence-electron chi connectivity index (χ2n) is 5.40. The van der Waals surface area contributed by atoms with Gasteiger partial charge in [-0.15, -0.1) is 0 Å². The summed E-state index contributed by atoms with van der Waals surface area (Å²) < 4.78 is 0. The summed E-state index contributed by atoms with van der Waals surface area (Å²) in [6, 6.07) is 15.4. The third kappa shape index (κ3) is 2.47. The molecule has 0 amide bonds. The van der Waals surface area contributed by atoms with Crippen molar-refractivity contribution in [1.82, 2.24) is 0 Å². The van der Waals surface area contributed by atoms with Gasteiger partial charge in [-0.05, 0) is 41.5 Å². The zero-order chi connectivity index (χ0) is 12.4. The SMILES string of the molecule is BrC(Cc1cccc2ccccc12)C1CCCC1. The standard InChI is InChI=1S/C17H19Br/c18-17(14-7-1-2-8-14)12-15-10-5-9-13-6-3-4-11-16(13)15/h3-6,9-11,14,17H,1-2,7-8,12H2. The summed E-state index contributed by atoms with van der Waals surface area (Å²) >= 11 is 3.93. The molecule has 0 spiro atoms. The van der Waals surface area contributed by atoms with E-state index >= 15 is 0 Å². The van der Waals surface area contributed by atoms with Crippen LogP contribution in [0.2, 0.25) is 0 Å². The van der Waals surface area contributed by atoms with E-state index in [0.717, 1.165) is 12.3 Å². The molecule has 0 aliphatic heterocycles.